The second-order valence-electron chi connectivity index (χ2n) is 7.18. The maximum Gasteiger partial charge on any atom is 0.253 e. The minimum Gasteiger partial charge on any atom is -0.497 e. The minimum atomic E-state index is -0.110. The predicted octanol–water partition coefficient (Wildman–Crippen LogP) is 3.19. The maximum absolute atomic E-state index is 12.7. The Balaban J connectivity index is 1.58. The van der Waals surface area contributed by atoms with Gasteiger partial charge < -0.3 is 19.7 Å². The van der Waals surface area contributed by atoms with Gasteiger partial charge in [0.05, 0.1) is 20.6 Å². The Morgan fingerprint density at radius 2 is 1.79 bits per heavy atom. The van der Waals surface area contributed by atoms with Crippen LogP contribution < -0.4 is 14.8 Å². The number of likely N-dealkylation sites (tertiary alicyclic amines) is 1. The molecule has 0 atom stereocenters. The summed E-state index contributed by atoms with van der Waals surface area (Å²) in [5, 5.41) is 2.92. The molecule has 0 radical (unpaired) electrons. The predicted molar refractivity (Wildman–Crippen MR) is 111 cm³/mol. The zero-order valence-electron chi connectivity index (χ0n) is 17.1. The number of nitrogens with one attached hydrogen (secondary N) is 1. The number of methoxy groups -OCH3 is 2. The van der Waals surface area contributed by atoms with Crippen LogP contribution in [0.15, 0.2) is 42.5 Å². The van der Waals surface area contributed by atoms with Crippen molar-refractivity contribution >= 4 is 11.8 Å². The molecule has 2 aromatic carbocycles. The molecule has 1 aliphatic heterocycles. The normalized spacial score (nSPS) is 13.7. The van der Waals surface area contributed by atoms with E-state index in [1.54, 1.807) is 26.4 Å². The van der Waals surface area contributed by atoms with Gasteiger partial charge in [-0.3, -0.25) is 9.59 Å². The smallest absolute Gasteiger partial charge is 0.253 e. The van der Waals surface area contributed by atoms with Crippen LogP contribution in [0.3, 0.4) is 0 Å². The molecule has 6 heteroatoms. The molecule has 1 saturated heterocycles. The van der Waals surface area contributed by atoms with E-state index in [-0.39, 0.29) is 18.2 Å². The summed E-state index contributed by atoms with van der Waals surface area (Å²) < 4.78 is 10.5. The van der Waals surface area contributed by atoms with Crippen LogP contribution in [0.4, 0.5) is 0 Å². The molecular formula is C23H28N2O4. The van der Waals surface area contributed by atoms with Crippen molar-refractivity contribution < 1.29 is 19.1 Å². The monoisotopic (exact) mass is 396 g/mol. The highest BCUT2D eigenvalue weighted by Gasteiger charge is 2.18. The third-order valence-electron chi connectivity index (χ3n) is 5.15. The molecule has 0 saturated carbocycles. The van der Waals surface area contributed by atoms with E-state index in [4.69, 9.17) is 9.47 Å². The van der Waals surface area contributed by atoms with Crippen molar-refractivity contribution in [3.8, 4) is 11.5 Å². The van der Waals surface area contributed by atoms with Gasteiger partial charge in [-0.15, -0.1) is 0 Å². The molecule has 1 aliphatic rings. The summed E-state index contributed by atoms with van der Waals surface area (Å²) >= 11 is 0. The van der Waals surface area contributed by atoms with Crippen LogP contribution in [-0.4, -0.2) is 44.0 Å². The summed E-state index contributed by atoms with van der Waals surface area (Å²) in [5.41, 5.74) is 2.37. The molecule has 1 N–H and O–H groups in total. The largest absolute Gasteiger partial charge is 0.497 e. The fourth-order valence-electron chi connectivity index (χ4n) is 3.53. The van der Waals surface area contributed by atoms with E-state index in [0.29, 0.717) is 23.6 Å². The molecule has 1 heterocycles. The Hall–Kier alpha value is -3.02. The van der Waals surface area contributed by atoms with Crippen LogP contribution in [0.5, 0.6) is 11.5 Å². The summed E-state index contributed by atoms with van der Waals surface area (Å²) in [4.78, 5) is 27.0. The summed E-state index contributed by atoms with van der Waals surface area (Å²) in [6.07, 6.45) is 3.53. The van der Waals surface area contributed by atoms with Crippen molar-refractivity contribution in [1.82, 2.24) is 10.2 Å². The van der Waals surface area contributed by atoms with Gasteiger partial charge in [-0.05, 0) is 43.0 Å². The van der Waals surface area contributed by atoms with E-state index in [1.807, 2.05) is 35.2 Å². The molecule has 6 nitrogen and oxygen atoms in total. The zero-order valence-corrected chi connectivity index (χ0v) is 17.1. The summed E-state index contributed by atoms with van der Waals surface area (Å²) in [5.74, 6) is 1.26. The molecule has 154 valence electrons. The van der Waals surface area contributed by atoms with Gasteiger partial charge in [-0.2, -0.15) is 0 Å². The van der Waals surface area contributed by atoms with Gasteiger partial charge >= 0.3 is 0 Å². The first-order valence-corrected chi connectivity index (χ1v) is 9.96. The molecule has 0 spiro atoms. The molecule has 3 rings (SSSR count). The number of piperidine rings is 1. The van der Waals surface area contributed by atoms with Crippen LogP contribution in [-0.2, 0) is 17.8 Å². The highest BCUT2D eigenvalue weighted by Crippen LogP contribution is 2.25. The fourth-order valence-corrected chi connectivity index (χ4v) is 3.53. The molecule has 0 aromatic heterocycles. The lowest BCUT2D eigenvalue weighted by Crippen LogP contribution is -2.35. The number of nitrogens with zero attached hydrogens (tertiary/aromatic N) is 1. The van der Waals surface area contributed by atoms with E-state index in [0.717, 1.165) is 37.1 Å². The molecular weight excluding hydrogens is 368 g/mol. The molecule has 2 aromatic rings. The zero-order chi connectivity index (χ0) is 20.6. The lowest BCUT2D eigenvalue weighted by atomic mass is 10.1. The van der Waals surface area contributed by atoms with Gasteiger partial charge in [-0.25, -0.2) is 0 Å². The van der Waals surface area contributed by atoms with E-state index in [2.05, 4.69) is 5.32 Å². The molecule has 29 heavy (non-hydrogen) atoms. The Kier molecular flexibility index (Phi) is 7.11. The van der Waals surface area contributed by atoms with Gasteiger partial charge in [-0.1, -0.05) is 18.2 Å². The van der Waals surface area contributed by atoms with Crippen molar-refractivity contribution in [1.29, 1.82) is 0 Å². The lowest BCUT2D eigenvalue weighted by Gasteiger charge is -2.26. The van der Waals surface area contributed by atoms with Gasteiger partial charge in [0, 0.05) is 36.8 Å². The van der Waals surface area contributed by atoms with Crippen LogP contribution in [0.1, 0.15) is 40.7 Å². The van der Waals surface area contributed by atoms with Gasteiger partial charge in [0.15, 0.2) is 0 Å². The number of hydrogen-bond acceptors (Lipinski definition) is 4. The first-order valence-electron chi connectivity index (χ1n) is 9.96. The second kappa shape index (κ2) is 9.96. The Morgan fingerprint density at radius 1 is 1.00 bits per heavy atom. The summed E-state index contributed by atoms with van der Waals surface area (Å²) in [7, 11) is 3.16. The highest BCUT2D eigenvalue weighted by atomic mass is 16.5. The number of hydrogen-bond donors (Lipinski definition) is 1. The van der Waals surface area contributed by atoms with Crippen molar-refractivity contribution in [2.24, 2.45) is 0 Å². The third-order valence-corrected chi connectivity index (χ3v) is 5.15. The molecule has 2 amide bonds. The van der Waals surface area contributed by atoms with E-state index in [1.165, 1.54) is 6.42 Å². The Bertz CT molecular complexity index is 860. The first-order chi connectivity index (χ1) is 14.1. The highest BCUT2D eigenvalue weighted by molar-refractivity contribution is 5.94. The number of amides is 2. The van der Waals surface area contributed by atoms with E-state index >= 15 is 0 Å². The van der Waals surface area contributed by atoms with Gasteiger partial charge in [0.1, 0.15) is 11.5 Å². The van der Waals surface area contributed by atoms with Crippen molar-refractivity contribution in [3.63, 3.8) is 0 Å². The molecule has 0 aliphatic carbocycles. The SMILES string of the molecule is COc1ccc(CC(=O)NCc2cccc(C(=O)N3CCCCC3)c2)c(OC)c1. The fraction of sp³-hybridized carbons (Fsp3) is 0.391. The lowest BCUT2D eigenvalue weighted by molar-refractivity contribution is -0.120. The maximum atomic E-state index is 12.7. The van der Waals surface area contributed by atoms with Crippen LogP contribution in [0.2, 0.25) is 0 Å². The van der Waals surface area contributed by atoms with Gasteiger partial charge in [0.25, 0.3) is 5.91 Å². The summed E-state index contributed by atoms with van der Waals surface area (Å²) in [6, 6.07) is 12.9. The van der Waals surface area contributed by atoms with Crippen LogP contribution >= 0.6 is 0 Å². The average Bonchev–Trinajstić information content (AvgIpc) is 2.78. The number of benzene rings is 2. The van der Waals surface area contributed by atoms with E-state index in [9.17, 15) is 9.59 Å². The van der Waals surface area contributed by atoms with Crippen LogP contribution in [0.25, 0.3) is 0 Å². The standard InChI is InChI=1S/C23H28N2O4/c1-28-20-10-9-18(21(15-20)29-2)14-22(26)24-16-17-7-6-8-19(13-17)23(27)25-11-4-3-5-12-25/h6-10,13,15H,3-5,11-12,14,16H2,1-2H3,(H,24,26). The number of rotatable bonds is 7. The number of ether oxygens (including phenoxy) is 2. The number of carbonyl (C=O) groups is 2. The van der Waals surface area contributed by atoms with Crippen molar-refractivity contribution in [2.75, 3.05) is 27.3 Å². The van der Waals surface area contributed by atoms with E-state index < -0.39 is 0 Å². The third kappa shape index (κ3) is 5.50. The second-order valence-corrected chi connectivity index (χ2v) is 7.18. The molecule has 0 unspecified atom stereocenters. The molecule has 1 fully saturated rings. The number of carbonyl (C=O) groups excluding carboxylic acids is 2. The van der Waals surface area contributed by atoms with Crippen LogP contribution in [0, 0.1) is 0 Å². The van der Waals surface area contributed by atoms with Crippen molar-refractivity contribution in [3.05, 3.63) is 59.2 Å². The first kappa shape index (κ1) is 20.7. The summed E-state index contributed by atoms with van der Waals surface area (Å²) in [6.45, 7) is 2.02. The Morgan fingerprint density at radius 3 is 2.52 bits per heavy atom. The van der Waals surface area contributed by atoms with Gasteiger partial charge in [0.2, 0.25) is 5.91 Å². The van der Waals surface area contributed by atoms with Crippen molar-refractivity contribution in [2.45, 2.75) is 32.2 Å². The molecule has 0 bridgehead atoms. The quantitative estimate of drug-likeness (QED) is 0.781. The Labute approximate surface area is 171 Å². The topological polar surface area (TPSA) is 67.9 Å². The minimum absolute atomic E-state index is 0.0702. The average molecular weight is 396 g/mol.